The van der Waals surface area contributed by atoms with Crippen LogP contribution in [0.25, 0.3) is 0 Å². The molecule has 0 saturated carbocycles. The maximum Gasteiger partial charge on any atom is 0.338 e. The van der Waals surface area contributed by atoms with Crippen LogP contribution in [0, 0.1) is 12.3 Å². The molecule has 1 amide bonds. The SMILES string of the molecule is CCOC(=O)c1ccc(NC(=O)c2oc3c(c2C)/C(=N\Nc2ccccc2)CC(C)(C)C3)cc1. The Morgan fingerprint density at radius 1 is 1.03 bits per heavy atom. The van der Waals surface area contributed by atoms with E-state index in [0.29, 0.717) is 17.9 Å². The lowest BCUT2D eigenvalue weighted by atomic mass is 9.75. The molecule has 0 aliphatic heterocycles. The summed E-state index contributed by atoms with van der Waals surface area (Å²) in [4.78, 5) is 24.9. The molecule has 0 spiro atoms. The number of anilines is 2. The van der Waals surface area contributed by atoms with Crippen LogP contribution >= 0.6 is 0 Å². The number of esters is 1. The van der Waals surface area contributed by atoms with Crippen molar-refractivity contribution in [2.24, 2.45) is 10.5 Å². The van der Waals surface area contributed by atoms with Crippen molar-refractivity contribution < 1.29 is 18.7 Å². The monoisotopic (exact) mass is 459 g/mol. The average Bonchev–Trinajstić information content (AvgIpc) is 3.14. The molecule has 0 fully saturated rings. The van der Waals surface area contributed by atoms with Gasteiger partial charge in [-0.2, -0.15) is 5.10 Å². The maximum absolute atomic E-state index is 13.1. The molecule has 0 saturated heterocycles. The molecule has 4 rings (SSSR count). The number of carbonyl (C=O) groups excluding carboxylic acids is 2. The second kappa shape index (κ2) is 9.55. The predicted octanol–water partition coefficient (Wildman–Crippen LogP) is 5.81. The van der Waals surface area contributed by atoms with E-state index in [-0.39, 0.29) is 17.1 Å². The fourth-order valence-corrected chi connectivity index (χ4v) is 4.16. The van der Waals surface area contributed by atoms with Gasteiger partial charge in [0.2, 0.25) is 0 Å². The number of hydrogen-bond donors (Lipinski definition) is 2. The number of rotatable bonds is 6. The van der Waals surface area contributed by atoms with Crippen molar-refractivity contribution in [2.75, 3.05) is 17.3 Å². The van der Waals surface area contributed by atoms with Gasteiger partial charge in [-0.1, -0.05) is 32.0 Å². The van der Waals surface area contributed by atoms with Gasteiger partial charge in [0.05, 0.1) is 23.6 Å². The van der Waals surface area contributed by atoms with Crippen molar-refractivity contribution in [2.45, 2.75) is 40.5 Å². The van der Waals surface area contributed by atoms with Gasteiger partial charge in [-0.15, -0.1) is 0 Å². The quantitative estimate of drug-likeness (QED) is 0.359. The molecular weight excluding hydrogens is 430 g/mol. The summed E-state index contributed by atoms with van der Waals surface area (Å²) in [7, 11) is 0. The summed E-state index contributed by atoms with van der Waals surface area (Å²) in [5, 5.41) is 7.54. The van der Waals surface area contributed by atoms with Crippen molar-refractivity contribution >= 4 is 29.0 Å². The normalized spacial score (nSPS) is 15.5. The summed E-state index contributed by atoms with van der Waals surface area (Å²) in [6.07, 6.45) is 1.48. The molecule has 3 aromatic rings. The van der Waals surface area contributed by atoms with Crippen molar-refractivity contribution in [3.05, 3.63) is 82.8 Å². The molecule has 1 aromatic heterocycles. The Morgan fingerprint density at radius 2 is 1.74 bits per heavy atom. The lowest BCUT2D eigenvalue weighted by molar-refractivity contribution is 0.0526. The highest BCUT2D eigenvalue weighted by atomic mass is 16.5. The Kier molecular flexibility index (Phi) is 6.54. The van der Waals surface area contributed by atoms with E-state index in [4.69, 9.17) is 9.15 Å². The van der Waals surface area contributed by atoms with Crippen LogP contribution < -0.4 is 10.7 Å². The number of hydrazone groups is 1. The third-order valence-corrected chi connectivity index (χ3v) is 5.75. The highest BCUT2D eigenvalue weighted by Crippen LogP contribution is 2.39. The van der Waals surface area contributed by atoms with E-state index in [1.54, 1.807) is 31.2 Å². The molecule has 0 atom stereocenters. The lowest BCUT2D eigenvalue weighted by Crippen LogP contribution is -2.27. The zero-order chi connectivity index (χ0) is 24.3. The van der Waals surface area contributed by atoms with E-state index < -0.39 is 5.97 Å². The minimum atomic E-state index is -0.395. The summed E-state index contributed by atoms with van der Waals surface area (Å²) >= 11 is 0. The van der Waals surface area contributed by atoms with Crippen LogP contribution in [-0.4, -0.2) is 24.2 Å². The number of hydrogen-bond acceptors (Lipinski definition) is 6. The number of fused-ring (bicyclic) bond motifs is 1. The van der Waals surface area contributed by atoms with Crippen molar-refractivity contribution in [3.8, 4) is 0 Å². The second-order valence-electron chi connectivity index (χ2n) is 9.16. The first-order valence-corrected chi connectivity index (χ1v) is 11.4. The molecule has 0 radical (unpaired) electrons. The lowest BCUT2D eigenvalue weighted by Gasteiger charge is -2.29. The molecule has 34 heavy (non-hydrogen) atoms. The highest BCUT2D eigenvalue weighted by molar-refractivity contribution is 6.09. The van der Waals surface area contributed by atoms with Crippen molar-refractivity contribution in [3.63, 3.8) is 0 Å². The van der Waals surface area contributed by atoms with Crippen LogP contribution in [0.1, 0.15) is 65.0 Å². The molecule has 176 valence electrons. The van der Waals surface area contributed by atoms with Crippen LogP contribution in [-0.2, 0) is 11.2 Å². The molecular formula is C27H29N3O4. The molecule has 2 aromatic carbocycles. The van der Waals surface area contributed by atoms with E-state index in [1.807, 2.05) is 37.3 Å². The molecule has 7 heteroatoms. The Morgan fingerprint density at radius 3 is 2.41 bits per heavy atom. The van der Waals surface area contributed by atoms with Crippen LogP contribution in [0.5, 0.6) is 0 Å². The number of carbonyl (C=O) groups is 2. The Labute approximate surface area is 199 Å². The Balaban J connectivity index is 1.58. The molecule has 1 heterocycles. The summed E-state index contributed by atoms with van der Waals surface area (Å²) < 4.78 is 11.1. The molecule has 7 nitrogen and oxygen atoms in total. The largest absolute Gasteiger partial charge is 0.462 e. The first-order valence-electron chi connectivity index (χ1n) is 11.4. The fraction of sp³-hybridized carbons (Fsp3) is 0.296. The number of nitrogens with one attached hydrogen (secondary N) is 2. The zero-order valence-electron chi connectivity index (χ0n) is 19.9. The predicted molar refractivity (Wildman–Crippen MR) is 133 cm³/mol. The van der Waals surface area contributed by atoms with E-state index in [2.05, 4.69) is 29.7 Å². The Bertz CT molecular complexity index is 1220. The van der Waals surface area contributed by atoms with Gasteiger partial charge in [0.1, 0.15) is 5.76 Å². The van der Waals surface area contributed by atoms with Crippen molar-refractivity contribution in [1.29, 1.82) is 0 Å². The molecule has 1 aliphatic rings. The number of furan rings is 1. The second-order valence-corrected chi connectivity index (χ2v) is 9.16. The van der Waals surface area contributed by atoms with Gasteiger partial charge in [-0.05, 0) is 62.1 Å². The van der Waals surface area contributed by atoms with E-state index >= 15 is 0 Å². The van der Waals surface area contributed by atoms with Crippen molar-refractivity contribution in [1.82, 2.24) is 0 Å². The minimum Gasteiger partial charge on any atom is -0.462 e. The van der Waals surface area contributed by atoms with E-state index in [9.17, 15) is 9.59 Å². The highest BCUT2D eigenvalue weighted by Gasteiger charge is 2.36. The van der Waals surface area contributed by atoms with Crippen LogP contribution in [0.4, 0.5) is 11.4 Å². The minimum absolute atomic E-state index is 0.0504. The number of amides is 1. The van der Waals surface area contributed by atoms with Crippen LogP contribution in [0.2, 0.25) is 0 Å². The first-order chi connectivity index (χ1) is 16.3. The molecule has 1 aliphatic carbocycles. The van der Waals surface area contributed by atoms with Gasteiger partial charge in [0.15, 0.2) is 5.76 Å². The van der Waals surface area contributed by atoms with Gasteiger partial charge < -0.3 is 14.5 Å². The smallest absolute Gasteiger partial charge is 0.338 e. The number of nitrogens with zero attached hydrogens (tertiary/aromatic N) is 1. The third kappa shape index (κ3) is 5.03. The number of ether oxygens (including phenoxy) is 1. The van der Waals surface area contributed by atoms with E-state index in [0.717, 1.165) is 41.1 Å². The molecule has 0 unspecified atom stereocenters. The maximum atomic E-state index is 13.1. The fourth-order valence-electron chi connectivity index (χ4n) is 4.16. The Hall–Kier alpha value is -3.87. The van der Waals surface area contributed by atoms with Gasteiger partial charge in [0.25, 0.3) is 5.91 Å². The van der Waals surface area contributed by atoms with Crippen LogP contribution in [0.15, 0.2) is 64.1 Å². The van der Waals surface area contributed by atoms with Gasteiger partial charge >= 0.3 is 5.97 Å². The number of para-hydroxylation sites is 1. The molecule has 2 N–H and O–H groups in total. The summed E-state index contributed by atoms with van der Waals surface area (Å²) in [6, 6.07) is 16.3. The standard InChI is InChI=1S/C27H29N3O4/c1-5-33-26(32)18-11-13-19(14-12-18)28-25(31)24-17(2)23-21(15-27(3,4)16-22(23)34-24)30-29-20-9-7-6-8-10-20/h6-14,29H,5,15-16H2,1-4H3,(H,28,31)/b30-21-. The average molecular weight is 460 g/mol. The van der Waals surface area contributed by atoms with Crippen LogP contribution in [0.3, 0.4) is 0 Å². The zero-order valence-corrected chi connectivity index (χ0v) is 19.9. The topological polar surface area (TPSA) is 92.9 Å². The summed E-state index contributed by atoms with van der Waals surface area (Å²) in [5.74, 6) is 0.298. The van der Waals surface area contributed by atoms with Gasteiger partial charge in [-0.3, -0.25) is 10.2 Å². The molecule has 0 bridgehead atoms. The summed E-state index contributed by atoms with van der Waals surface area (Å²) in [6.45, 7) is 8.28. The third-order valence-electron chi connectivity index (χ3n) is 5.75. The number of benzene rings is 2. The van der Waals surface area contributed by atoms with Gasteiger partial charge in [0, 0.05) is 23.2 Å². The summed E-state index contributed by atoms with van der Waals surface area (Å²) in [5.41, 5.74) is 7.49. The first kappa shape index (κ1) is 23.3. The van der Waals surface area contributed by atoms with Gasteiger partial charge in [-0.25, -0.2) is 4.79 Å². The van der Waals surface area contributed by atoms with E-state index in [1.165, 1.54) is 0 Å².